The molecule has 0 aromatic heterocycles. The Morgan fingerprint density at radius 2 is 1.73 bits per heavy atom. The molecular weight excluding hydrogens is 354 g/mol. The number of benzene rings is 2. The zero-order valence-corrected chi connectivity index (χ0v) is 15.4. The summed E-state index contributed by atoms with van der Waals surface area (Å²) in [6.07, 6.45) is -0.0430. The zero-order valence-electron chi connectivity index (χ0n) is 14.7. The van der Waals surface area contributed by atoms with Crippen molar-refractivity contribution in [2.45, 2.75) is 26.7 Å². The highest BCUT2D eigenvalue weighted by atomic mass is 35.5. The van der Waals surface area contributed by atoms with Crippen LogP contribution >= 0.6 is 11.6 Å². The molecule has 0 fully saturated rings. The highest BCUT2D eigenvalue weighted by Gasteiger charge is 2.13. The second kappa shape index (κ2) is 9.15. The first-order valence-corrected chi connectivity index (χ1v) is 8.55. The average molecular weight is 374 g/mol. The molecule has 1 amide bonds. The molecule has 0 aliphatic carbocycles. The van der Waals surface area contributed by atoms with Gasteiger partial charge in [0, 0.05) is 12.0 Å². The minimum Gasteiger partial charge on any atom is -0.456 e. The lowest BCUT2D eigenvalue weighted by Gasteiger charge is -2.11. The number of hydrogen-bond acceptors (Lipinski definition) is 4. The van der Waals surface area contributed by atoms with Gasteiger partial charge in [-0.15, -0.1) is 0 Å². The minimum atomic E-state index is -0.601. The fraction of sp³-hybridized carbons (Fsp3) is 0.250. The molecule has 0 atom stereocenters. The monoisotopic (exact) mass is 373 g/mol. The second-order valence-corrected chi connectivity index (χ2v) is 6.34. The normalized spacial score (nSPS) is 10.3. The second-order valence-electron chi connectivity index (χ2n) is 5.94. The number of carbonyl (C=O) groups is 3. The fourth-order valence-electron chi connectivity index (χ4n) is 2.45. The first-order valence-electron chi connectivity index (χ1n) is 8.17. The molecule has 26 heavy (non-hydrogen) atoms. The van der Waals surface area contributed by atoms with Crippen LogP contribution < -0.4 is 5.32 Å². The fourth-order valence-corrected chi connectivity index (χ4v) is 2.82. The third-order valence-corrected chi connectivity index (χ3v) is 4.01. The summed E-state index contributed by atoms with van der Waals surface area (Å²) in [5.41, 5.74) is 2.85. The molecule has 0 radical (unpaired) electrons. The molecule has 0 saturated carbocycles. The number of hydrogen-bond donors (Lipinski definition) is 1. The van der Waals surface area contributed by atoms with Crippen molar-refractivity contribution >= 4 is 34.9 Å². The summed E-state index contributed by atoms with van der Waals surface area (Å²) in [6, 6.07) is 12.3. The van der Waals surface area contributed by atoms with Gasteiger partial charge in [0.15, 0.2) is 12.4 Å². The lowest BCUT2D eigenvalue weighted by molar-refractivity contribution is -0.147. The number of halogens is 1. The number of esters is 1. The molecule has 0 saturated heterocycles. The maximum Gasteiger partial charge on any atom is 0.306 e. The number of rotatable bonds is 7. The van der Waals surface area contributed by atoms with Gasteiger partial charge in [-0.3, -0.25) is 14.4 Å². The van der Waals surface area contributed by atoms with Gasteiger partial charge in [-0.25, -0.2) is 0 Å². The molecule has 5 nitrogen and oxygen atoms in total. The number of Topliss-reactive ketones (excluding diaryl/α,β-unsaturated/α-hetero) is 1. The third-order valence-electron chi connectivity index (χ3n) is 3.71. The molecule has 2 aromatic rings. The molecule has 0 aliphatic rings. The summed E-state index contributed by atoms with van der Waals surface area (Å²) >= 11 is 6.12. The standard InChI is InChI=1S/C20H20ClNO4/c1-13-10-14(2)20(16(21)11-13)22-18(24)12-26-19(25)9-8-17(23)15-6-4-3-5-7-15/h3-7,10-11H,8-9,12H2,1-2H3,(H,22,24). The van der Waals surface area contributed by atoms with E-state index in [2.05, 4.69) is 5.32 Å². The number of ether oxygens (including phenoxy) is 1. The van der Waals surface area contributed by atoms with E-state index in [0.717, 1.165) is 11.1 Å². The number of aryl methyl sites for hydroxylation is 2. The van der Waals surface area contributed by atoms with Crippen molar-refractivity contribution in [3.05, 3.63) is 64.2 Å². The van der Waals surface area contributed by atoms with Crippen LogP contribution in [0.4, 0.5) is 5.69 Å². The Labute approximate surface area is 157 Å². The van der Waals surface area contributed by atoms with Crippen molar-refractivity contribution in [3.8, 4) is 0 Å². The smallest absolute Gasteiger partial charge is 0.306 e. The van der Waals surface area contributed by atoms with Crippen molar-refractivity contribution in [1.29, 1.82) is 0 Å². The maximum atomic E-state index is 12.0. The van der Waals surface area contributed by atoms with Crippen molar-refractivity contribution in [2.75, 3.05) is 11.9 Å². The molecule has 0 aliphatic heterocycles. The summed E-state index contributed by atoms with van der Waals surface area (Å²) in [5.74, 6) is -1.23. The molecule has 0 unspecified atom stereocenters. The third kappa shape index (κ3) is 5.70. The minimum absolute atomic E-state index is 0.0351. The Morgan fingerprint density at radius 1 is 1.04 bits per heavy atom. The van der Waals surface area contributed by atoms with Gasteiger partial charge in [0.1, 0.15) is 0 Å². The van der Waals surface area contributed by atoms with E-state index >= 15 is 0 Å². The maximum absolute atomic E-state index is 12.0. The SMILES string of the molecule is Cc1cc(C)c(NC(=O)COC(=O)CCC(=O)c2ccccc2)c(Cl)c1. The van der Waals surface area contributed by atoms with Crippen LogP contribution in [0, 0.1) is 13.8 Å². The van der Waals surface area contributed by atoms with Crippen LogP contribution in [-0.4, -0.2) is 24.3 Å². The summed E-state index contributed by atoms with van der Waals surface area (Å²) in [6.45, 7) is 3.31. The number of carbonyl (C=O) groups excluding carboxylic acids is 3. The quantitative estimate of drug-likeness (QED) is 0.585. The van der Waals surface area contributed by atoms with Crippen LogP contribution in [0.2, 0.25) is 5.02 Å². The lowest BCUT2D eigenvalue weighted by atomic mass is 10.1. The van der Waals surface area contributed by atoms with Crippen LogP contribution in [0.15, 0.2) is 42.5 Å². The molecule has 1 N–H and O–H groups in total. The van der Waals surface area contributed by atoms with E-state index in [9.17, 15) is 14.4 Å². The van der Waals surface area contributed by atoms with Crippen molar-refractivity contribution < 1.29 is 19.1 Å². The average Bonchev–Trinajstić information content (AvgIpc) is 2.61. The van der Waals surface area contributed by atoms with E-state index in [0.29, 0.717) is 16.3 Å². The van der Waals surface area contributed by atoms with Crippen molar-refractivity contribution in [2.24, 2.45) is 0 Å². The van der Waals surface area contributed by atoms with Crippen molar-refractivity contribution in [3.63, 3.8) is 0 Å². The number of nitrogens with one attached hydrogen (secondary N) is 1. The summed E-state index contributed by atoms with van der Waals surface area (Å²) in [7, 11) is 0. The molecular formula is C20H20ClNO4. The number of amides is 1. The van der Waals surface area contributed by atoms with E-state index in [1.165, 1.54) is 0 Å². The molecule has 6 heteroatoms. The van der Waals surface area contributed by atoms with Crippen LogP contribution in [0.3, 0.4) is 0 Å². The lowest BCUT2D eigenvalue weighted by Crippen LogP contribution is -2.21. The van der Waals surface area contributed by atoms with Gasteiger partial charge < -0.3 is 10.1 Å². The molecule has 0 spiro atoms. The van der Waals surface area contributed by atoms with E-state index in [1.54, 1.807) is 30.3 Å². The van der Waals surface area contributed by atoms with Crippen LogP contribution in [0.1, 0.15) is 34.3 Å². The van der Waals surface area contributed by atoms with Gasteiger partial charge in [-0.1, -0.05) is 48.0 Å². The Balaban J connectivity index is 1.79. The highest BCUT2D eigenvalue weighted by Crippen LogP contribution is 2.27. The van der Waals surface area contributed by atoms with Gasteiger partial charge in [-0.2, -0.15) is 0 Å². The Morgan fingerprint density at radius 3 is 2.38 bits per heavy atom. The topological polar surface area (TPSA) is 72.5 Å². The predicted octanol–water partition coefficient (Wildman–Crippen LogP) is 4.10. The first-order chi connectivity index (χ1) is 12.4. The predicted molar refractivity (Wildman–Crippen MR) is 101 cm³/mol. The van der Waals surface area contributed by atoms with Crippen LogP contribution in [0.25, 0.3) is 0 Å². The van der Waals surface area contributed by atoms with Crippen LogP contribution in [0.5, 0.6) is 0 Å². The van der Waals surface area contributed by atoms with E-state index in [-0.39, 0.29) is 18.6 Å². The molecule has 0 heterocycles. The van der Waals surface area contributed by atoms with Gasteiger partial charge in [0.25, 0.3) is 5.91 Å². The van der Waals surface area contributed by atoms with Gasteiger partial charge in [0.05, 0.1) is 17.1 Å². The van der Waals surface area contributed by atoms with E-state index in [1.807, 2.05) is 26.0 Å². The molecule has 0 bridgehead atoms. The summed E-state index contributed by atoms with van der Waals surface area (Å²) < 4.78 is 4.92. The van der Waals surface area contributed by atoms with E-state index < -0.39 is 18.5 Å². The largest absolute Gasteiger partial charge is 0.456 e. The number of ketones is 1. The summed E-state index contributed by atoms with van der Waals surface area (Å²) in [5, 5.41) is 3.06. The first kappa shape index (κ1) is 19.7. The summed E-state index contributed by atoms with van der Waals surface area (Å²) in [4.78, 5) is 35.6. The molecule has 136 valence electrons. The Bertz CT molecular complexity index is 795. The Kier molecular flexibility index (Phi) is 6.92. The van der Waals surface area contributed by atoms with E-state index in [4.69, 9.17) is 16.3 Å². The van der Waals surface area contributed by atoms with Gasteiger partial charge in [-0.05, 0) is 31.0 Å². The molecule has 2 rings (SSSR count). The van der Waals surface area contributed by atoms with Crippen LogP contribution in [-0.2, 0) is 14.3 Å². The van der Waals surface area contributed by atoms with Gasteiger partial charge >= 0.3 is 5.97 Å². The van der Waals surface area contributed by atoms with Gasteiger partial charge in [0.2, 0.25) is 0 Å². The highest BCUT2D eigenvalue weighted by molar-refractivity contribution is 6.34. The Hall–Kier alpha value is -2.66. The van der Waals surface area contributed by atoms with Crippen molar-refractivity contribution in [1.82, 2.24) is 0 Å². The zero-order chi connectivity index (χ0) is 19.1. The number of anilines is 1. The molecule has 2 aromatic carbocycles.